The highest BCUT2D eigenvalue weighted by atomic mass is 79.9. The van der Waals surface area contributed by atoms with E-state index < -0.39 is 11.9 Å². The third-order valence-corrected chi connectivity index (χ3v) is 3.17. The van der Waals surface area contributed by atoms with Crippen molar-refractivity contribution in [3.05, 3.63) is 33.9 Å². The molecule has 1 rings (SSSR count). The molecule has 0 heterocycles. The second-order valence-corrected chi connectivity index (χ2v) is 4.70. The lowest BCUT2D eigenvalue weighted by atomic mass is 10.1. The minimum atomic E-state index is -0.781. The van der Waals surface area contributed by atoms with Crippen LogP contribution in [0.1, 0.15) is 5.56 Å². The number of ether oxygens (including phenoxy) is 3. The quantitative estimate of drug-likeness (QED) is 0.626. The maximum absolute atomic E-state index is 11.7. The number of anilines is 1. The molecule has 8 heteroatoms. The van der Waals surface area contributed by atoms with E-state index in [1.54, 1.807) is 0 Å². The molecule has 1 N–H and O–H groups in total. The van der Waals surface area contributed by atoms with Crippen LogP contribution in [-0.4, -0.2) is 33.3 Å². The Bertz CT molecular complexity index is 664. The van der Waals surface area contributed by atoms with Crippen molar-refractivity contribution in [1.82, 2.24) is 0 Å². The zero-order valence-corrected chi connectivity index (χ0v) is 13.7. The first-order chi connectivity index (χ1) is 10.5. The summed E-state index contributed by atoms with van der Waals surface area (Å²) in [5, 5.41) is 11.8. The third kappa shape index (κ3) is 4.23. The number of rotatable bonds is 5. The van der Waals surface area contributed by atoms with Gasteiger partial charge in [0.1, 0.15) is 17.5 Å². The van der Waals surface area contributed by atoms with Crippen molar-refractivity contribution in [3.63, 3.8) is 0 Å². The van der Waals surface area contributed by atoms with Gasteiger partial charge in [-0.05, 0) is 22.0 Å². The first-order valence-electron chi connectivity index (χ1n) is 5.89. The number of hydrogen-bond donors (Lipinski definition) is 1. The molecule has 0 radical (unpaired) electrons. The second-order valence-electron chi connectivity index (χ2n) is 3.84. The molecule has 0 aliphatic rings. The highest BCUT2D eigenvalue weighted by Gasteiger charge is 2.16. The number of nitrogens with one attached hydrogen (secondary N) is 1. The normalized spacial score (nSPS) is 10.4. The fourth-order valence-electron chi connectivity index (χ4n) is 1.48. The molecule has 0 aliphatic heterocycles. The Balaban J connectivity index is 3.29. The van der Waals surface area contributed by atoms with Crippen LogP contribution in [0.3, 0.4) is 0 Å². The highest BCUT2D eigenvalue weighted by molar-refractivity contribution is 9.10. The monoisotopic (exact) mass is 368 g/mol. The number of esters is 2. The van der Waals surface area contributed by atoms with E-state index in [-0.39, 0.29) is 16.9 Å². The van der Waals surface area contributed by atoms with Gasteiger partial charge in [0.25, 0.3) is 0 Å². The van der Waals surface area contributed by atoms with Crippen molar-refractivity contribution in [3.8, 4) is 11.8 Å². The topological polar surface area (TPSA) is 97.6 Å². The molecule has 1 aromatic rings. The molecule has 0 saturated heterocycles. The van der Waals surface area contributed by atoms with Gasteiger partial charge in [-0.3, -0.25) is 0 Å². The maximum atomic E-state index is 11.7. The van der Waals surface area contributed by atoms with Gasteiger partial charge in [-0.15, -0.1) is 0 Å². The van der Waals surface area contributed by atoms with Crippen LogP contribution in [0, 0.1) is 11.3 Å². The van der Waals surface area contributed by atoms with Crippen LogP contribution < -0.4 is 10.1 Å². The molecular weight excluding hydrogens is 356 g/mol. The summed E-state index contributed by atoms with van der Waals surface area (Å²) >= 11 is 3.26. The van der Waals surface area contributed by atoms with E-state index in [9.17, 15) is 9.59 Å². The fourth-order valence-corrected chi connectivity index (χ4v) is 1.99. The molecule has 116 valence electrons. The summed E-state index contributed by atoms with van der Waals surface area (Å²) in [5.41, 5.74) is 0.352. The minimum Gasteiger partial charge on any atom is -0.495 e. The number of carbonyl (C=O) groups excluding carboxylic acids is 2. The van der Waals surface area contributed by atoms with Gasteiger partial charge in [-0.25, -0.2) is 9.59 Å². The van der Waals surface area contributed by atoms with Crippen LogP contribution in [0.4, 0.5) is 5.69 Å². The van der Waals surface area contributed by atoms with E-state index in [4.69, 9.17) is 10.00 Å². The molecule has 0 spiro atoms. The van der Waals surface area contributed by atoms with Crippen LogP contribution in [0.2, 0.25) is 0 Å². The van der Waals surface area contributed by atoms with Crippen molar-refractivity contribution in [2.75, 3.05) is 26.6 Å². The molecule has 0 atom stereocenters. The number of benzene rings is 1. The molecule has 22 heavy (non-hydrogen) atoms. The Hall–Kier alpha value is -2.53. The van der Waals surface area contributed by atoms with Crippen LogP contribution >= 0.6 is 15.9 Å². The molecule has 7 nitrogen and oxygen atoms in total. The zero-order chi connectivity index (χ0) is 16.7. The number of nitriles is 1. The van der Waals surface area contributed by atoms with Gasteiger partial charge in [-0.2, -0.15) is 5.26 Å². The Kier molecular flexibility index (Phi) is 6.41. The summed E-state index contributed by atoms with van der Waals surface area (Å²) in [6.45, 7) is 0. The van der Waals surface area contributed by atoms with Crippen molar-refractivity contribution in [2.45, 2.75) is 0 Å². The van der Waals surface area contributed by atoms with Gasteiger partial charge in [0.2, 0.25) is 0 Å². The summed E-state index contributed by atoms with van der Waals surface area (Å²) in [6.07, 6.45) is 0.932. The van der Waals surface area contributed by atoms with Gasteiger partial charge in [-0.1, -0.05) is 0 Å². The Morgan fingerprint density at radius 1 is 1.27 bits per heavy atom. The summed E-state index contributed by atoms with van der Waals surface area (Å²) in [7, 11) is 3.81. The largest absolute Gasteiger partial charge is 0.495 e. The predicted octanol–water partition coefficient (Wildman–Crippen LogP) is 1.97. The Morgan fingerprint density at radius 2 is 1.95 bits per heavy atom. The van der Waals surface area contributed by atoms with Crippen LogP contribution in [0.25, 0.3) is 0 Å². The third-order valence-electron chi connectivity index (χ3n) is 2.55. The zero-order valence-electron chi connectivity index (χ0n) is 12.1. The lowest BCUT2D eigenvalue weighted by Gasteiger charge is -2.13. The van der Waals surface area contributed by atoms with Crippen molar-refractivity contribution in [2.24, 2.45) is 0 Å². The molecule has 0 saturated carbocycles. The molecule has 0 aliphatic carbocycles. The van der Waals surface area contributed by atoms with Gasteiger partial charge in [0.15, 0.2) is 0 Å². The summed E-state index contributed by atoms with van der Waals surface area (Å²) in [6, 6.07) is 5.01. The van der Waals surface area contributed by atoms with Crippen molar-refractivity contribution >= 4 is 33.6 Å². The SMILES string of the molecule is COC(=O)/C=C(/Nc1cc(OC)c(Br)cc1C#N)C(=O)OC. The van der Waals surface area contributed by atoms with Gasteiger partial charge in [0, 0.05) is 6.07 Å². The number of carbonyl (C=O) groups is 2. The average molecular weight is 369 g/mol. The second kappa shape index (κ2) is 8.05. The molecule has 0 amide bonds. The first kappa shape index (κ1) is 17.5. The Labute approximate surface area is 135 Å². The number of halogens is 1. The smallest absolute Gasteiger partial charge is 0.354 e. The number of nitrogens with zero attached hydrogens (tertiary/aromatic N) is 1. The van der Waals surface area contributed by atoms with Gasteiger partial charge in [0.05, 0.1) is 43.1 Å². The van der Waals surface area contributed by atoms with Crippen LogP contribution in [0.5, 0.6) is 5.75 Å². The van der Waals surface area contributed by atoms with E-state index in [1.807, 2.05) is 6.07 Å². The molecule has 0 unspecified atom stereocenters. The van der Waals surface area contributed by atoms with Crippen molar-refractivity contribution < 1.29 is 23.8 Å². The molecule has 0 bridgehead atoms. The minimum absolute atomic E-state index is 0.171. The van der Waals surface area contributed by atoms with E-state index >= 15 is 0 Å². The number of methoxy groups -OCH3 is 3. The number of hydrogen-bond acceptors (Lipinski definition) is 7. The summed E-state index contributed by atoms with van der Waals surface area (Å²) < 4.78 is 14.8. The molecule has 0 fully saturated rings. The average Bonchev–Trinajstić information content (AvgIpc) is 2.53. The van der Waals surface area contributed by atoms with E-state index in [0.29, 0.717) is 10.2 Å². The molecule has 0 aromatic heterocycles. The predicted molar refractivity (Wildman–Crippen MR) is 81.1 cm³/mol. The van der Waals surface area contributed by atoms with Gasteiger partial charge >= 0.3 is 11.9 Å². The standard InChI is InChI=1S/C14H13BrN2O5/c1-20-12-5-10(8(7-16)4-9(12)15)17-11(14(19)22-3)6-13(18)21-2/h4-6,17H,1-3H3/b11-6+. The molecule has 1 aromatic carbocycles. The molecular formula is C14H13BrN2O5. The highest BCUT2D eigenvalue weighted by Crippen LogP contribution is 2.31. The Morgan fingerprint density at radius 3 is 2.45 bits per heavy atom. The van der Waals surface area contributed by atoms with Crippen molar-refractivity contribution in [1.29, 1.82) is 5.26 Å². The van der Waals surface area contributed by atoms with Crippen LogP contribution in [0.15, 0.2) is 28.4 Å². The van der Waals surface area contributed by atoms with Gasteiger partial charge < -0.3 is 19.5 Å². The lowest BCUT2D eigenvalue weighted by molar-refractivity contribution is -0.138. The van der Waals surface area contributed by atoms with Crippen LogP contribution in [-0.2, 0) is 19.1 Å². The van der Waals surface area contributed by atoms with E-state index in [1.165, 1.54) is 33.5 Å². The summed E-state index contributed by atoms with van der Waals surface area (Å²) in [4.78, 5) is 23.0. The maximum Gasteiger partial charge on any atom is 0.354 e. The first-order valence-corrected chi connectivity index (χ1v) is 6.68. The van der Waals surface area contributed by atoms with E-state index in [0.717, 1.165) is 6.08 Å². The van der Waals surface area contributed by atoms with E-state index in [2.05, 4.69) is 30.7 Å². The fraction of sp³-hybridized carbons (Fsp3) is 0.214. The summed E-state index contributed by atoms with van der Waals surface area (Å²) in [5.74, 6) is -1.07. The lowest BCUT2D eigenvalue weighted by Crippen LogP contribution is -2.16.